The van der Waals surface area contributed by atoms with Crippen LogP contribution >= 0.6 is 0 Å². The highest BCUT2D eigenvalue weighted by Gasteiger charge is 2.13. The van der Waals surface area contributed by atoms with Crippen molar-refractivity contribution < 1.29 is 13.9 Å². The zero-order valence-corrected chi connectivity index (χ0v) is 10.9. The third kappa shape index (κ3) is 2.24. The Hall–Kier alpha value is -2.50. The number of anilines is 1. The molecule has 1 N–H and O–H groups in total. The molecule has 2 heterocycles. The van der Waals surface area contributed by atoms with Crippen molar-refractivity contribution in [1.82, 2.24) is 0 Å². The van der Waals surface area contributed by atoms with E-state index in [1.165, 1.54) is 20.3 Å². The molecule has 2 rings (SSSR count). The molecule has 0 saturated carbocycles. The minimum atomic E-state index is -0.510. The lowest BCUT2D eigenvalue weighted by Crippen LogP contribution is -2.37. The molecule has 6 nitrogen and oxygen atoms in total. The standard InChI is InChI=1S/C13H14N2O4/c1-7-6-14-15-9-5-10(16)19-13(11(7)9)12(18-4)8(2)17-3/h5-6,15H,2H2,1,3-4H3/b13-12-. The molecule has 0 bridgehead atoms. The molecule has 1 aliphatic heterocycles. The van der Waals surface area contributed by atoms with Gasteiger partial charge in [-0.2, -0.15) is 5.10 Å². The van der Waals surface area contributed by atoms with Crippen molar-refractivity contribution in [3.05, 3.63) is 39.5 Å². The maximum Gasteiger partial charge on any atom is 0.338 e. The molecule has 0 unspecified atom stereocenters. The van der Waals surface area contributed by atoms with Crippen LogP contribution in [0.15, 0.2) is 32.7 Å². The van der Waals surface area contributed by atoms with E-state index in [9.17, 15) is 4.79 Å². The van der Waals surface area contributed by atoms with Crippen molar-refractivity contribution in [2.75, 3.05) is 19.6 Å². The minimum absolute atomic E-state index is 0.271. The van der Waals surface area contributed by atoms with Crippen molar-refractivity contribution >= 4 is 23.2 Å². The Bertz CT molecular complexity index is 728. The Morgan fingerprint density at radius 2 is 2.16 bits per heavy atom. The van der Waals surface area contributed by atoms with Gasteiger partial charge in [0, 0.05) is 6.07 Å². The lowest BCUT2D eigenvalue weighted by molar-refractivity contribution is 0.259. The van der Waals surface area contributed by atoms with Crippen LogP contribution in [-0.4, -0.2) is 20.4 Å². The molecule has 100 valence electrons. The van der Waals surface area contributed by atoms with Gasteiger partial charge in [0.25, 0.3) is 0 Å². The van der Waals surface area contributed by atoms with Gasteiger partial charge in [-0.05, 0) is 12.5 Å². The Balaban J connectivity index is 3.01. The summed E-state index contributed by atoms with van der Waals surface area (Å²) in [5.74, 6) is 0.544. The van der Waals surface area contributed by atoms with Crippen molar-refractivity contribution in [2.24, 2.45) is 5.10 Å². The van der Waals surface area contributed by atoms with E-state index in [0.717, 1.165) is 5.57 Å². The number of ether oxygens (including phenoxy) is 2. The van der Waals surface area contributed by atoms with E-state index < -0.39 is 5.63 Å². The highest BCUT2D eigenvalue weighted by Crippen LogP contribution is 2.08. The molecule has 1 aromatic heterocycles. The van der Waals surface area contributed by atoms with Crippen molar-refractivity contribution in [3.8, 4) is 0 Å². The molecule has 0 amide bonds. The number of hydrogen-bond acceptors (Lipinski definition) is 6. The van der Waals surface area contributed by atoms with E-state index in [-0.39, 0.29) is 16.9 Å². The van der Waals surface area contributed by atoms with Crippen LogP contribution in [0.2, 0.25) is 0 Å². The zero-order chi connectivity index (χ0) is 14.0. The van der Waals surface area contributed by atoms with Gasteiger partial charge in [0.1, 0.15) is 0 Å². The summed E-state index contributed by atoms with van der Waals surface area (Å²) in [7, 11) is 2.92. The van der Waals surface area contributed by atoms with Crippen LogP contribution in [0.5, 0.6) is 0 Å². The van der Waals surface area contributed by atoms with E-state index in [4.69, 9.17) is 13.9 Å². The summed E-state index contributed by atoms with van der Waals surface area (Å²) >= 11 is 0. The van der Waals surface area contributed by atoms with Crippen LogP contribution in [0.3, 0.4) is 0 Å². The second-order valence-corrected chi connectivity index (χ2v) is 3.90. The van der Waals surface area contributed by atoms with Crippen LogP contribution < -0.4 is 21.7 Å². The van der Waals surface area contributed by atoms with Crippen LogP contribution in [0.1, 0.15) is 6.92 Å². The van der Waals surface area contributed by atoms with Gasteiger partial charge in [-0.15, -0.1) is 0 Å². The number of hydrogen-bond donors (Lipinski definition) is 1. The van der Waals surface area contributed by atoms with E-state index >= 15 is 0 Å². The van der Waals surface area contributed by atoms with Gasteiger partial charge >= 0.3 is 5.63 Å². The van der Waals surface area contributed by atoms with Gasteiger partial charge < -0.3 is 13.9 Å². The fourth-order valence-corrected chi connectivity index (χ4v) is 1.82. The lowest BCUT2D eigenvalue weighted by atomic mass is 10.1. The summed E-state index contributed by atoms with van der Waals surface area (Å²) < 4.78 is 15.5. The van der Waals surface area contributed by atoms with E-state index in [1.807, 2.05) is 6.92 Å². The Kier molecular flexibility index (Phi) is 3.41. The monoisotopic (exact) mass is 262 g/mol. The van der Waals surface area contributed by atoms with Gasteiger partial charge in [0.2, 0.25) is 5.76 Å². The first-order valence-corrected chi connectivity index (χ1v) is 5.54. The molecule has 0 saturated heterocycles. The van der Waals surface area contributed by atoms with Crippen LogP contribution in [0.4, 0.5) is 5.69 Å². The van der Waals surface area contributed by atoms with E-state index in [1.54, 1.807) is 6.21 Å². The molecule has 0 radical (unpaired) electrons. The Morgan fingerprint density at radius 1 is 1.42 bits per heavy atom. The number of nitrogens with zero attached hydrogens (tertiary/aromatic N) is 1. The molecule has 0 spiro atoms. The summed E-state index contributed by atoms with van der Waals surface area (Å²) in [6.45, 7) is 5.57. The molecule has 19 heavy (non-hydrogen) atoms. The van der Waals surface area contributed by atoms with Crippen LogP contribution in [0.25, 0.3) is 11.3 Å². The first-order chi connectivity index (χ1) is 9.08. The molecular formula is C13H14N2O4. The van der Waals surface area contributed by atoms with E-state index in [2.05, 4.69) is 17.1 Å². The number of rotatable bonds is 3. The van der Waals surface area contributed by atoms with E-state index in [0.29, 0.717) is 10.9 Å². The van der Waals surface area contributed by atoms with Crippen molar-refractivity contribution in [3.63, 3.8) is 0 Å². The highest BCUT2D eigenvalue weighted by molar-refractivity contribution is 6.03. The quantitative estimate of drug-likeness (QED) is 0.784. The average molecular weight is 262 g/mol. The van der Waals surface area contributed by atoms with Crippen LogP contribution in [0, 0.1) is 0 Å². The molecule has 0 aromatic carbocycles. The number of fused-ring (bicyclic) bond motifs is 1. The molecule has 0 aliphatic carbocycles. The Labute approximate surface area is 109 Å². The molecule has 1 aromatic rings. The maximum absolute atomic E-state index is 11.6. The molecule has 0 atom stereocenters. The third-order valence-electron chi connectivity index (χ3n) is 2.71. The highest BCUT2D eigenvalue weighted by atomic mass is 16.5. The molecule has 6 heteroatoms. The number of methoxy groups -OCH3 is 2. The normalized spacial score (nSPS) is 14.4. The lowest BCUT2D eigenvalue weighted by Gasteiger charge is -2.11. The van der Waals surface area contributed by atoms with Gasteiger partial charge in [0.05, 0.1) is 31.3 Å². The predicted octanol–water partition coefficient (Wildman–Crippen LogP) is 0.136. The summed E-state index contributed by atoms with van der Waals surface area (Å²) in [5, 5.41) is 4.63. The SMILES string of the molecule is C=C(OC)/C(OC)=c1/oc(=O)cc2c1=C(C)C=NN2. The molecule has 1 aliphatic rings. The average Bonchev–Trinajstić information content (AvgIpc) is 2.38. The summed E-state index contributed by atoms with van der Waals surface area (Å²) in [4.78, 5) is 11.6. The first kappa shape index (κ1) is 12.9. The molecular weight excluding hydrogens is 248 g/mol. The van der Waals surface area contributed by atoms with Gasteiger partial charge in [0.15, 0.2) is 11.2 Å². The maximum atomic E-state index is 11.6. The second kappa shape index (κ2) is 5.01. The summed E-state index contributed by atoms with van der Waals surface area (Å²) in [6, 6.07) is 1.33. The summed E-state index contributed by atoms with van der Waals surface area (Å²) in [6.07, 6.45) is 1.63. The number of nitrogens with one attached hydrogen (secondary N) is 1. The van der Waals surface area contributed by atoms with Crippen molar-refractivity contribution in [1.29, 1.82) is 0 Å². The fraction of sp³-hybridized carbons (Fsp3) is 0.231. The second-order valence-electron chi connectivity index (χ2n) is 3.90. The number of hydrazone groups is 1. The Morgan fingerprint density at radius 3 is 2.79 bits per heavy atom. The predicted molar refractivity (Wildman–Crippen MR) is 72.0 cm³/mol. The van der Waals surface area contributed by atoms with Gasteiger partial charge in [-0.1, -0.05) is 6.58 Å². The largest absolute Gasteiger partial charge is 0.493 e. The van der Waals surface area contributed by atoms with Crippen LogP contribution in [-0.2, 0) is 9.47 Å². The summed E-state index contributed by atoms with van der Waals surface area (Å²) in [5.41, 5.74) is 3.92. The minimum Gasteiger partial charge on any atom is -0.493 e. The van der Waals surface area contributed by atoms with Gasteiger partial charge in [-0.3, -0.25) is 5.43 Å². The smallest absolute Gasteiger partial charge is 0.338 e. The fourth-order valence-electron chi connectivity index (χ4n) is 1.82. The zero-order valence-electron chi connectivity index (χ0n) is 10.9. The van der Waals surface area contributed by atoms with Crippen molar-refractivity contribution in [2.45, 2.75) is 6.92 Å². The third-order valence-corrected chi connectivity index (χ3v) is 2.71. The molecule has 0 fully saturated rings. The topological polar surface area (TPSA) is 73.1 Å². The van der Waals surface area contributed by atoms with Gasteiger partial charge in [-0.25, -0.2) is 4.79 Å². The first-order valence-electron chi connectivity index (χ1n) is 5.54.